The molecule has 2 fully saturated rings. The van der Waals surface area contributed by atoms with Crippen LogP contribution in [-0.2, 0) is 20.7 Å². The summed E-state index contributed by atoms with van der Waals surface area (Å²) in [5.74, 6) is 1.56. The van der Waals surface area contributed by atoms with E-state index in [0.717, 1.165) is 32.1 Å². The summed E-state index contributed by atoms with van der Waals surface area (Å²) in [6.45, 7) is 9.70. The molecule has 2 saturated carbocycles. The van der Waals surface area contributed by atoms with Gasteiger partial charge in [-0.05, 0) is 73.1 Å². The molecule has 3 aliphatic rings. The van der Waals surface area contributed by atoms with E-state index in [0.29, 0.717) is 23.5 Å². The van der Waals surface area contributed by atoms with Crippen molar-refractivity contribution in [3.8, 4) is 5.75 Å². The zero-order chi connectivity index (χ0) is 19.3. The second-order valence-electron chi connectivity index (χ2n) is 8.75. The molecule has 3 aliphatic carbocycles. The third kappa shape index (κ3) is 2.99. The lowest BCUT2D eigenvalue weighted by atomic mass is 9.54. The first-order valence-electron chi connectivity index (χ1n) is 9.95. The summed E-state index contributed by atoms with van der Waals surface area (Å²) in [5, 5.41) is 0. The normalized spacial score (nSPS) is 34.3. The lowest BCUT2D eigenvalue weighted by molar-refractivity contribution is -0.154. The highest BCUT2D eigenvalue weighted by Crippen LogP contribution is 2.62. The fraction of sp³-hybridized carbons (Fsp3) is 0.565. The van der Waals surface area contributed by atoms with Gasteiger partial charge in [-0.25, -0.2) is 0 Å². The Morgan fingerprint density at radius 2 is 1.93 bits per heavy atom. The molecule has 4 nitrogen and oxygen atoms in total. The second kappa shape index (κ2) is 6.50. The van der Waals surface area contributed by atoms with Gasteiger partial charge < -0.3 is 9.47 Å². The summed E-state index contributed by atoms with van der Waals surface area (Å²) in [6.07, 6.45) is 5.05. The van der Waals surface area contributed by atoms with Crippen molar-refractivity contribution in [1.29, 1.82) is 0 Å². The fourth-order valence-electron chi connectivity index (χ4n) is 6.09. The highest BCUT2D eigenvalue weighted by atomic mass is 16.5. The van der Waals surface area contributed by atoms with E-state index >= 15 is 0 Å². The van der Waals surface area contributed by atoms with Crippen LogP contribution in [0.4, 0.5) is 0 Å². The van der Waals surface area contributed by atoms with Crippen LogP contribution in [0.1, 0.15) is 63.5 Å². The largest absolute Gasteiger partial charge is 0.462 e. The van der Waals surface area contributed by atoms with Crippen molar-refractivity contribution >= 4 is 11.9 Å². The van der Waals surface area contributed by atoms with Gasteiger partial charge in [0.25, 0.3) is 0 Å². The lowest BCUT2D eigenvalue weighted by Gasteiger charge is -2.51. The quantitative estimate of drug-likeness (QED) is 0.436. The SMILES string of the molecule is C=C1Cc2cc(OC(C)=O)ccc2C2CC[C@]3(C)C(OC(C)=O)CCC3C12. The van der Waals surface area contributed by atoms with E-state index < -0.39 is 0 Å². The van der Waals surface area contributed by atoms with Crippen LogP contribution in [0.2, 0.25) is 0 Å². The maximum atomic E-state index is 11.6. The van der Waals surface area contributed by atoms with Gasteiger partial charge in [0, 0.05) is 19.3 Å². The van der Waals surface area contributed by atoms with Gasteiger partial charge in [-0.3, -0.25) is 9.59 Å². The van der Waals surface area contributed by atoms with Crippen molar-refractivity contribution in [3.63, 3.8) is 0 Å². The second-order valence-corrected chi connectivity index (χ2v) is 8.75. The van der Waals surface area contributed by atoms with Crippen LogP contribution in [0.5, 0.6) is 5.75 Å². The van der Waals surface area contributed by atoms with E-state index in [2.05, 4.69) is 19.6 Å². The van der Waals surface area contributed by atoms with Crippen LogP contribution in [0.15, 0.2) is 30.4 Å². The zero-order valence-electron chi connectivity index (χ0n) is 16.4. The first kappa shape index (κ1) is 18.3. The monoisotopic (exact) mass is 368 g/mol. The van der Waals surface area contributed by atoms with Crippen molar-refractivity contribution in [2.75, 3.05) is 0 Å². The Morgan fingerprint density at radius 1 is 1.15 bits per heavy atom. The number of hydrogen-bond acceptors (Lipinski definition) is 4. The van der Waals surface area contributed by atoms with E-state index in [-0.39, 0.29) is 23.5 Å². The molecule has 0 aliphatic heterocycles. The van der Waals surface area contributed by atoms with Crippen LogP contribution < -0.4 is 4.74 Å². The fourth-order valence-corrected chi connectivity index (χ4v) is 6.09. The lowest BCUT2D eigenvalue weighted by Crippen LogP contribution is -2.45. The van der Waals surface area contributed by atoms with Gasteiger partial charge in [-0.1, -0.05) is 25.1 Å². The van der Waals surface area contributed by atoms with Crippen molar-refractivity contribution in [2.24, 2.45) is 17.3 Å². The number of carbonyl (C=O) groups is 2. The molecule has 0 saturated heterocycles. The molecule has 4 unspecified atom stereocenters. The Hall–Kier alpha value is -2.10. The standard InChI is InChI=1S/C23H28O4/c1-13-11-16-12-17(26-14(2)24)5-6-18(16)19-9-10-23(4)20(22(13)19)7-8-21(23)27-15(3)25/h5-6,12,19-22H,1,7-11H2,2-4H3/t19?,20?,21?,22?,23-/m0/s1. The molecule has 0 heterocycles. The van der Waals surface area contributed by atoms with Crippen LogP contribution in [-0.4, -0.2) is 18.0 Å². The summed E-state index contributed by atoms with van der Waals surface area (Å²) in [4.78, 5) is 22.8. The Morgan fingerprint density at radius 3 is 2.63 bits per heavy atom. The number of carbonyl (C=O) groups excluding carboxylic acids is 2. The van der Waals surface area contributed by atoms with Crippen molar-refractivity contribution in [1.82, 2.24) is 0 Å². The van der Waals surface area contributed by atoms with E-state index in [4.69, 9.17) is 9.47 Å². The smallest absolute Gasteiger partial charge is 0.308 e. The molecular weight excluding hydrogens is 340 g/mol. The number of hydrogen-bond donors (Lipinski definition) is 0. The first-order valence-corrected chi connectivity index (χ1v) is 9.95. The Balaban J connectivity index is 1.64. The molecular formula is C23H28O4. The molecule has 0 bridgehead atoms. The highest BCUT2D eigenvalue weighted by molar-refractivity contribution is 5.69. The number of esters is 2. The third-order valence-corrected chi connectivity index (χ3v) is 7.16. The molecule has 0 amide bonds. The maximum Gasteiger partial charge on any atom is 0.308 e. The molecule has 1 aromatic rings. The summed E-state index contributed by atoms with van der Waals surface area (Å²) in [6, 6.07) is 6.05. The molecule has 144 valence electrons. The molecule has 0 spiro atoms. The minimum absolute atomic E-state index is 0.0292. The van der Waals surface area contributed by atoms with Gasteiger partial charge in [-0.2, -0.15) is 0 Å². The number of rotatable bonds is 2. The van der Waals surface area contributed by atoms with Gasteiger partial charge in [0.2, 0.25) is 0 Å². The van der Waals surface area contributed by atoms with E-state index in [1.54, 1.807) is 0 Å². The van der Waals surface area contributed by atoms with Gasteiger partial charge in [0.1, 0.15) is 11.9 Å². The minimum atomic E-state index is -0.293. The van der Waals surface area contributed by atoms with E-state index in [1.807, 2.05) is 12.1 Å². The highest BCUT2D eigenvalue weighted by Gasteiger charge is 2.56. The zero-order valence-corrected chi connectivity index (χ0v) is 16.4. The molecule has 5 atom stereocenters. The number of ether oxygens (including phenoxy) is 2. The van der Waals surface area contributed by atoms with Gasteiger partial charge >= 0.3 is 11.9 Å². The minimum Gasteiger partial charge on any atom is -0.462 e. The molecule has 1 aromatic carbocycles. The van der Waals surface area contributed by atoms with Crippen molar-refractivity contribution in [2.45, 2.75) is 64.9 Å². The molecule has 0 N–H and O–H groups in total. The number of fused-ring (bicyclic) bond motifs is 5. The maximum absolute atomic E-state index is 11.6. The average molecular weight is 368 g/mol. The molecule has 4 heteroatoms. The topological polar surface area (TPSA) is 52.6 Å². The molecule has 0 radical (unpaired) electrons. The van der Waals surface area contributed by atoms with E-state index in [9.17, 15) is 9.59 Å². The van der Waals surface area contributed by atoms with Gasteiger partial charge in [0.05, 0.1) is 0 Å². The van der Waals surface area contributed by atoms with Crippen LogP contribution in [0.3, 0.4) is 0 Å². The average Bonchev–Trinajstić information content (AvgIpc) is 2.90. The number of benzene rings is 1. The van der Waals surface area contributed by atoms with Crippen molar-refractivity contribution in [3.05, 3.63) is 41.5 Å². The third-order valence-electron chi connectivity index (χ3n) is 7.16. The Kier molecular flexibility index (Phi) is 4.40. The summed E-state index contributed by atoms with van der Waals surface area (Å²) in [5.41, 5.74) is 3.93. The Labute approximate surface area is 160 Å². The number of allylic oxidation sites excluding steroid dienone is 1. The first-order chi connectivity index (χ1) is 12.8. The summed E-state index contributed by atoms with van der Waals surface area (Å²) >= 11 is 0. The van der Waals surface area contributed by atoms with Crippen molar-refractivity contribution < 1.29 is 19.1 Å². The van der Waals surface area contributed by atoms with Gasteiger partial charge in [0.15, 0.2) is 0 Å². The molecule has 0 aromatic heterocycles. The molecule has 27 heavy (non-hydrogen) atoms. The predicted molar refractivity (Wildman–Crippen MR) is 102 cm³/mol. The van der Waals surface area contributed by atoms with Gasteiger partial charge in [-0.15, -0.1) is 0 Å². The van der Waals surface area contributed by atoms with Crippen LogP contribution >= 0.6 is 0 Å². The summed E-state index contributed by atoms with van der Waals surface area (Å²) < 4.78 is 11.0. The van der Waals surface area contributed by atoms with E-state index in [1.165, 1.54) is 30.5 Å². The molecule has 4 rings (SSSR count). The predicted octanol–water partition coefficient (Wildman–Crippen LogP) is 4.57. The Bertz CT molecular complexity index is 811. The summed E-state index contributed by atoms with van der Waals surface area (Å²) in [7, 11) is 0. The van der Waals surface area contributed by atoms with Crippen LogP contribution in [0, 0.1) is 17.3 Å². The van der Waals surface area contributed by atoms with Crippen LogP contribution in [0.25, 0.3) is 0 Å².